The number of carbonyl (C=O) groups excluding carboxylic acids is 1. The molecule has 1 aromatic heterocycles. The second-order valence-electron chi connectivity index (χ2n) is 8.25. The predicted molar refractivity (Wildman–Crippen MR) is 130 cm³/mol. The van der Waals surface area contributed by atoms with Gasteiger partial charge in [-0.25, -0.2) is 9.67 Å². The summed E-state index contributed by atoms with van der Waals surface area (Å²) in [7, 11) is 3.88. The molecule has 33 heavy (non-hydrogen) atoms. The van der Waals surface area contributed by atoms with Gasteiger partial charge in [0.05, 0.1) is 18.3 Å². The Morgan fingerprint density at radius 3 is 1.94 bits per heavy atom. The first kappa shape index (κ1) is 22.4. The first-order valence-corrected chi connectivity index (χ1v) is 11.1. The van der Waals surface area contributed by atoms with Crippen molar-refractivity contribution >= 4 is 5.91 Å². The molecule has 0 aliphatic heterocycles. The van der Waals surface area contributed by atoms with E-state index in [4.69, 9.17) is 0 Å². The van der Waals surface area contributed by atoms with Gasteiger partial charge in [-0.1, -0.05) is 72.8 Å². The van der Waals surface area contributed by atoms with Gasteiger partial charge in [-0.05, 0) is 42.8 Å². The Morgan fingerprint density at radius 2 is 1.42 bits per heavy atom. The Labute approximate surface area is 195 Å². The topological polar surface area (TPSA) is 54.3 Å². The zero-order valence-corrected chi connectivity index (χ0v) is 19.2. The second kappa shape index (κ2) is 10.2. The normalized spacial score (nSPS) is 12.2. The van der Waals surface area contributed by atoms with Gasteiger partial charge in [0.2, 0.25) is 5.91 Å². The molecule has 0 spiro atoms. The fraction of sp³-hybridized carbons (Fsp3) is 0.222. The molecular weight excluding hydrogens is 410 g/mol. The number of hydrogen-bond donors (Lipinski definition) is 0. The number of likely N-dealkylation sites (N-methyl/N-ethyl adjacent to an activating group) is 2. The maximum absolute atomic E-state index is 13.4. The van der Waals surface area contributed by atoms with E-state index >= 15 is 0 Å². The molecule has 6 heteroatoms. The molecule has 0 fully saturated rings. The van der Waals surface area contributed by atoms with Crippen molar-refractivity contribution in [3.05, 3.63) is 114 Å². The highest BCUT2D eigenvalue weighted by Crippen LogP contribution is 2.28. The summed E-state index contributed by atoms with van der Waals surface area (Å²) in [5.74, 6) is 0.0706. The largest absolute Gasteiger partial charge is 0.334 e. The molecule has 0 radical (unpaired) electrons. The summed E-state index contributed by atoms with van der Waals surface area (Å²) in [5.41, 5.74) is 4.29. The van der Waals surface area contributed by atoms with E-state index in [0.29, 0.717) is 6.54 Å². The summed E-state index contributed by atoms with van der Waals surface area (Å²) < 4.78 is 1.73. The van der Waals surface area contributed by atoms with Crippen LogP contribution in [0.3, 0.4) is 0 Å². The fourth-order valence-corrected chi connectivity index (χ4v) is 4.02. The van der Waals surface area contributed by atoms with Crippen molar-refractivity contribution in [2.24, 2.45) is 0 Å². The molecule has 4 aromatic rings. The van der Waals surface area contributed by atoms with E-state index in [0.717, 1.165) is 22.4 Å². The lowest BCUT2D eigenvalue weighted by molar-refractivity contribution is -0.132. The Bertz CT molecular complexity index is 1100. The minimum atomic E-state index is -0.134. The van der Waals surface area contributed by atoms with Crippen molar-refractivity contribution in [2.75, 3.05) is 20.6 Å². The maximum Gasteiger partial charge on any atom is 0.237 e. The van der Waals surface area contributed by atoms with E-state index in [-0.39, 0.29) is 18.0 Å². The minimum Gasteiger partial charge on any atom is -0.334 e. The molecule has 1 amide bonds. The minimum absolute atomic E-state index is 0.0706. The maximum atomic E-state index is 13.4. The van der Waals surface area contributed by atoms with Crippen LogP contribution in [0.4, 0.5) is 0 Å². The lowest BCUT2D eigenvalue weighted by atomic mass is 9.97. The Kier molecular flexibility index (Phi) is 6.95. The summed E-state index contributed by atoms with van der Waals surface area (Å²) in [6.45, 7) is 2.43. The quantitative estimate of drug-likeness (QED) is 0.405. The van der Waals surface area contributed by atoms with E-state index in [2.05, 4.69) is 58.3 Å². The molecule has 4 rings (SSSR count). The molecule has 3 aromatic carbocycles. The molecule has 168 valence electrons. The zero-order valence-electron chi connectivity index (χ0n) is 19.2. The molecule has 0 bridgehead atoms. The van der Waals surface area contributed by atoms with Gasteiger partial charge in [0.1, 0.15) is 12.7 Å². The number of nitrogens with zero attached hydrogens (tertiary/aromatic N) is 5. The summed E-state index contributed by atoms with van der Waals surface area (Å²) in [5, 5.41) is 4.17. The lowest BCUT2D eigenvalue weighted by Gasteiger charge is -2.32. The van der Waals surface area contributed by atoms with Gasteiger partial charge in [0.15, 0.2) is 0 Å². The monoisotopic (exact) mass is 439 g/mol. The molecule has 0 saturated heterocycles. The first-order valence-electron chi connectivity index (χ1n) is 11.1. The van der Waals surface area contributed by atoms with Gasteiger partial charge in [0.25, 0.3) is 0 Å². The van der Waals surface area contributed by atoms with Crippen molar-refractivity contribution in [3.63, 3.8) is 0 Å². The van der Waals surface area contributed by atoms with Gasteiger partial charge >= 0.3 is 0 Å². The number of amides is 1. The molecule has 1 atom stereocenters. The van der Waals surface area contributed by atoms with Gasteiger partial charge in [-0.3, -0.25) is 9.69 Å². The van der Waals surface area contributed by atoms with Crippen LogP contribution in [0.1, 0.15) is 35.7 Å². The fourth-order valence-electron chi connectivity index (χ4n) is 4.02. The lowest BCUT2D eigenvalue weighted by Crippen LogP contribution is -2.40. The van der Waals surface area contributed by atoms with Crippen LogP contribution >= 0.6 is 0 Å². The van der Waals surface area contributed by atoms with Crippen LogP contribution in [0.5, 0.6) is 0 Å². The summed E-state index contributed by atoms with van der Waals surface area (Å²) in [6, 6.07) is 28.5. The zero-order chi connectivity index (χ0) is 23.2. The first-order chi connectivity index (χ1) is 16.0. The number of benzene rings is 3. The number of carbonyl (C=O) groups is 1. The molecule has 6 nitrogen and oxygen atoms in total. The Balaban J connectivity index is 1.47. The van der Waals surface area contributed by atoms with Gasteiger partial charge in [0, 0.05) is 13.1 Å². The van der Waals surface area contributed by atoms with E-state index in [1.54, 1.807) is 11.0 Å². The highest BCUT2D eigenvalue weighted by Gasteiger charge is 2.25. The summed E-state index contributed by atoms with van der Waals surface area (Å²) in [4.78, 5) is 21.3. The number of aromatic nitrogens is 3. The Hall–Kier alpha value is -3.77. The van der Waals surface area contributed by atoms with Crippen LogP contribution in [0.15, 0.2) is 97.6 Å². The number of hydrogen-bond acceptors (Lipinski definition) is 4. The van der Waals surface area contributed by atoms with E-state index in [9.17, 15) is 4.79 Å². The average molecular weight is 440 g/mol. The summed E-state index contributed by atoms with van der Waals surface area (Å²) >= 11 is 0. The Morgan fingerprint density at radius 1 is 0.848 bits per heavy atom. The van der Waals surface area contributed by atoms with Crippen LogP contribution in [0.2, 0.25) is 0 Å². The SMILES string of the molecule is CC(c1ccc(-n2cncn2)cc1)N(C)CC(=O)N(C)C(c1ccccc1)c1ccccc1. The van der Waals surface area contributed by atoms with E-state index < -0.39 is 0 Å². The third kappa shape index (κ3) is 5.18. The van der Waals surface area contributed by atoms with Crippen LogP contribution < -0.4 is 0 Å². The van der Waals surface area contributed by atoms with Gasteiger partial charge < -0.3 is 4.90 Å². The van der Waals surface area contributed by atoms with Crippen molar-refractivity contribution in [1.29, 1.82) is 0 Å². The third-order valence-electron chi connectivity index (χ3n) is 6.12. The van der Waals surface area contributed by atoms with Crippen LogP contribution in [-0.4, -0.2) is 51.1 Å². The highest BCUT2D eigenvalue weighted by atomic mass is 16.2. The van der Waals surface area contributed by atoms with Crippen molar-refractivity contribution < 1.29 is 4.79 Å². The molecular formula is C27H29N5O. The molecule has 1 heterocycles. The van der Waals surface area contributed by atoms with Crippen molar-refractivity contribution in [2.45, 2.75) is 19.0 Å². The molecule has 0 N–H and O–H groups in total. The average Bonchev–Trinajstić information content (AvgIpc) is 3.40. The van der Waals surface area contributed by atoms with E-state index in [1.807, 2.05) is 67.5 Å². The smallest absolute Gasteiger partial charge is 0.237 e. The molecule has 0 saturated carbocycles. The standard InChI is InChI=1S/C27H29N5O/c1-21(22-14-16-25(17-15-22)32-20-28-19-29-32)30(2)18-26(33)31(3)27(23-10-6-4-7-11-23)24-12-8-5-9-13-24/h4-17,19-21,27H,18H2,1-3H3. The van der Waals surface area contributed by atoms with E-state index in [1.165, 1.54) is 6.33 Å². The van der Waals surface area contributed by atoms with Crippen molar-refractivity contribution in [1.82, 2.24) is 24.6 Å². The van der Waals surface area contributed by atoms with Gasteiger partial charge in [-0.2, -0.15) is 5.10 Å². The predicted octanol–water partition coefficient (Wildman–Crippen LogP) is 4.51. The van der Waals surface area contributed by atoms with Crippen LogP contribution in [0.25, 0.3) is 5.69 Å². The van der Waals surface area contributed by atoms with Gasteiger partial charge in [-0.15, -0.1) is 0 Å². The number of rotatable bonds is 8. The molecule has 0 aliphatic rings. The van der Waals surface area contributed by atoms with Crippen LogP contribution in [0, 0.1) is 0 Å². The highest BCUT2D eigenvalue weighted by molar-refractivity contribution is 5.79. The van der Waals surface area contributed by atoms with Crippen molar-refractivity contribution in [3.8, 4) is 5.69 Å². The molecule has 1 unspecified atom stereocenters. The molecule has 0 aliphatic carbocycles. The summed E-state index contributed by atoms with van der Waals surface area (Å²) in [6.07, 6.45) is 3.19. The third-order valence-corrected chi connectivity index (χ3v) is 6.12. The second-order valence-corrected chi connectivity index (χ2v) is 8.25. The van der Waals surface area contributed by atoms with Crippen LogP contribution in [-0.2, 0) is 4.79 Å².